The second-order valence-corrected chi connectivity index (χ2v) is 4.98. The van der Waals surface area contributed by atoms with Gasteiger partial charge in [-0.15, -0.1) is 0 Å². The quantitative estimate of drug-likeness (QED) is 0.611. The third-order valence-electron chi connectivity index (χ3n) is 2.89. The number of para-hydroxylation sites is 1. The van der Waals surface area contributed by atoms with Crippen molar-refractivity contribution in [2.24, 2.45) is 11.0 Å². The van der Waals surface area contributed by atoms with Crippen LogP contribution in [0.5, 0.6) is 0 Å². The van der Waals surface area contributed by atoms with Gasteiger partial charge in [0.25, 0.3) is 0 Å². The molecule has 0 saturated heterocycles. The average Bonchev–Trinajstić information content (AvgIpc) is 2.38. The SMILES string of the molecule is CCC(C)c1ccccc1NC(=O)N/N=C/C(C)C. The average molecular weight is 261 g/mol. The summed E-state index contributed by atoms with van der Waals surface area (Å²) >= 11 is 0. The summed E-state index contributed by atoms with van der Waals surface area (Å²) in [5.41, 5.74) is 4.45. The largest absolute Gasteiger partial charge is 0.339 e. The maximum absolute atomic E-state index is 11.7. The number of nitrogens with zero attached hydrogens (tertiary/aromatic N) is 1. The Balaban J connectivity index is 2.69. The second-order valence-electron chi connectivity index (χ2n) is 4.98. The van der Waals surface area contributed by atoms with Crippen LogP contribution in [0.3, 0.4) is 0 Å². The maximum atomic E-state index is 11.7. The molecule has 0 aliphatic heterocycles. The third-order valence-corrected chi connectivity index (χ3v) is 2.89. The molecular formula is C15H23N3O. The summed E-state index contributed by atoms with van der Waals surface area (Å²) in [7, 11) is 0. The Bertz CT molecular complexity index is 441. The number of nitrogens with one attached hydrogen (secondary N) is 2. The van der Waals surface area contributed by atoms with E-state index in [0.29, 0.717) is 11.8 Å². The maximum Gasteiger partial charge on any atom is 0.339 e. The fourth-order valence-electron chi connectivity index (χ4n) is 1.66. The lowest BCUT2D eigenvalue weighted by Gasteiger charge is -2.15. The molecule has 0 aliphatic carbocycles. The summed E-state index contributed by atoms with van der Waals surface area (Å²) in [6.07, 6.45) is 2.73. The Kier molecular flexibility index (Phi) is 6.06. The Morgan fingerprint density at radius 2 is 2.00 bits per heavy atom. The van der Waals surface area contributed by atoms with Crippen molar-refractivity contribution in [1.82, 2.24) is 5.43 Å². The van der Waals surface area contributed by atoms with Gasteiger partial charge >= 0.3 is 6.03 Å². The van der Waals surface area contributed by atoms with Crippen molar-refractivity contribution in [2.75, 3.05) is 5.32 Å². The first-order chi connectivity index (χ1) is 9.04. The molecule has 4 nitrogen and oxygen atoms in total. The van der Waals surface area contributed by atoms with Crippen LogP contribution >= 0.6 is 0 Å². The lowest BCUT2D eigenvalue weighted by atomic mass is 9.97. The number of hydrogen-bond donors (Lipinski definition) is 2. The lowest BCUT2D eigenvalue weighted by Crippen LogP contribution is -2.25. The van der Waals surface area contributed by atoms with Gasteiger partial charge in [-0.1, -0.05) is 45.9 Å². The van der Waals surface area contributed by atoms with Crippen LogP contribution in [-0.2, 0) is 0 Å². The van der Waals surface area contributed by atoms with Crippen molar-refractivity contribution >= 4 is 17.9 Å². The van der Waals surface area contributed by atoms with E-state index in [0.717, 1.165) is 17.7 Å². The van der Waals surface area contributed by atoms with Crippen LogP contribution in [0.1, 0.15) is 45.6 Å². The second kappa shape index (κ2) is 7.56. The highest BCUT2D eigenvalue weighted by Crippen LogP contribution is 2.26. The normalized spacial score (nSPS) is 12.7. The molecule has 0 bridgehead atoms. The van der Waals surface area contributed by atoms with Gasteiger partial charge in [0.2, 0.25) is 0 Å². The number of anilines is 1. The summed E-state index contributed by atoms with van der Waals surface area (Å²) in [5, 5.41) is 6.71. The Morgan fingerprint density at radius 1 is 1.32 bits per heavy atom. The molecule has 0 aliphatic rings. The van der Waals surface area contributed by atoms with E-state index in [4.69, 9.17) is 0 Å². The van der Waals surface area contributed by atoms with Crippen molar-refractivity contribution in [3.8, 4) is 0 Å². The van der Waals surface area contributed by atoms with Crippen LogP contribution in [0.2, 0.25) is 0 Å². The van der Waals surface area contributed by atoms with E-state index in [1.165, 1.54) is 0 Å². The molecule has 4 heteroatoms. The monoisotopic (exact) mass is 261 g/mol. The van der Waals surface area contributed by atoms with Crippen molar-refractivity contribution in [1.29, 1.82) is 0 Å². The molecule has 1 aromatic carbocycles. The van der Waals surface area contributed by atoms with Gasteiger partial charge in [-0.2, -0.15) is 5.10 Å². The first-order valence-corrected chi connectivity index (χ1v) is 6.73. The summed E-state index contributed by atoms with van der Waals surface area (Å²) < 4.78 is 0. The molecule has 1 aromatic rings. The van der Waals surface area contributed by atoms with Gasteiger partial charge in [0.1, 0.15) is 0 Å². The van der Waals surface area contributed by atoms with Gasteiger partial charge in [0.05, 0.1) is 0 Å². The zero-order valence-electron chi connectivity index (χ0n) is 12.1. The van der Waals surface area contributed by atoms with Crippen LogP contribution in [0, 0.1) is 5.92 Å². The van der Waals surface area contributed by atoms with Gasteiger partial charge in [0, 0.05) is 11.9 Å². The highest BCUT2D eigenvalue weighted by atomic mass is 16.2. The summed E-state index contributed by atoms with van der Waals surface area (Å²) in [6, 6.07) is 7.54. The fourth-order valence-corrected chi connectivity index (χ4v) is 1.66. The summed E-state index contributed by atoms with van der Waals surface area (Å²) in [5.74, 6) is 0.725. The molecule has 0 aromatic heterocycles. The van der Waals surface area contributed by atoms with Crippen LogP contribution < -0.4 is 10.7 Å². The first-order valence-electron chi connectivity index (χ1n) is 6.73. The standard InChI is InChI=1S/C15H23N3O/c1-5-12(4)13-8-6-7-9-14(13)17-15(19)18-16-10-11(2)3/h6-12H,5H2,1-4H3,(H2,17,18,19)/b16-10+. The summed E-state index contributed by atoms with van der Waals surface area (Å²) in [6.45, 7) is 8.28. The zero-order valence-corrected chi connectivity index (χ0v) is 12.1. The molecule has 0 spiro atoms. The molecule has 1 rings (SSSR count). The minimum Gasteiger partial charge on any atom is -0.306 e. The van der Waals surface area contributed by atoms with E-state index >= 15 is 0 Å². The van der Waals surface area contributed by atoms with Gasteiger partial charge < -0.3 is 5.32 Å². The van der Waals surface area contributed by atoms with E-state index in [2.05, 4.69) is 29.7 Å². The molecule has 104 valence electrons. The lowest BCUT2D eigenvalue weighted by molar-refractivity contribution is 0.252. The number of hydrogen-bond acceptors (Lipinski definition) is 2. The third kappa shape index (κ3) is 5.12. The van der Waals surface area contributed by atoms with E-state index in [9.17, 15) is 4.79 Å². The Hall–Kier alpha value is -1.84. The molecule has 2 amide bonds. The van der Waals surface area contributed by atoms with Crippen molar-refractivity contribution in [3.05, 3.63) is 29.8 Å². The number of benzene rings is 1. The molecular weight excluding hydrogens is 238 g/mol. The van der Waals surface area contributed by atoms with Gasteiger partial charge in [-0.05, 0) is 29.9 Å². The predicted octanol–water partition coefficient (Wildman–Crippen LogP) is 3.96. The van der Waals surface area contributed by atoms with E-state index in [1.54, 1.807) is 6.21 Å². The predicted molar refractivity (Wildman–Crippen MR) is 80.6 cm³/mol. The number of carbonyl (C=O) groups excluding carboxylic acids is 1. The molecule has 19 heavy (non-hydrogen) atoms. The number of rotatable bonds is 5. The molecule has 0 saturated carbocycles. The zero-order chi connectivity index (χ0) is 14.3. The number of carbonyl (C=O) groups is 1. The van der Waals surface area contributed by atoms with Gasteiger partial charge in [0.15, 0.2) is 0 Å². The van der Waals surface area contributed by atoms with Gasteiger partial charge in [-0.25, -0.2) is 10.2 Å². The minimum atomic E-state index is -0.312. The van der Waals surface area contributed by atoms with E-state index in [1.807, 2.05) is 38.1 Å². The van der Waals surface area contributed by atoms with E-state index in [-0.39, 0.29) is 6.03 Å². The van der Waals surface area contributed by atoms with Crippen LogP contribution in [-0.4, -0.2) is 12.2 Å². The molecule has 1 unspecified atom stereocenters. The Morgan fingerprint density at radius 3 is 2.63 bits per heavy atom. The first kappa shape index (κ1) is 15.2. The molecule has 2 N–H and O–H groups in total. The summed E-state index contributed by atoms with van der Waals surface area (Å²) in [4.78, 5) is 11.7. The van der Waals surface area contributed by atoms with Crippen molar-refractivity contribution < 1.29 is 4.79 Å². The smallest absolute Gasteiger partial charge is 0.306 e. The molecule has 0 fully saturated rings. The number of urea groups is 1. The minimum absolute atomic E-state index is 0.312. The van der Waals surface area contributed by atoms with Crippen molar-refractivity contribution in [2.45, 2.75) is 40.0 Å². The number of amides is 2. The highest BCUT2D eigenvalue weighted by Gasteiger charge is 2.10. The molecule has 0 heterocycles. The van der Waals surface area contributed by atoms with E-state index < -0.39 is 0 Å². The highest BCUT2D eigenvalue weighted by molar-refractivity contribution is 5.90. The van der Waals surface area contributed by atoms with Crippen LogP contribution in [0.15, 0.2) is 29.4 Å². The number of hydrazone groups is 1. The van der Waals surface area contributed by atoms with Crippen LogP contribution in [0.25, 0.3) is 0 Å². The van der Waals surface area contributed by atoms with Gasteiger partial charge in [-0.3, -0.25) is 0 Å². The topological polar surface area (TPSA) is 53.5 Å². The van der Waals surface area contributed by atoms with Crippen LogP contribution in [0.4, 0.5) is 10.5 Å². The molecule has 0 radical (unpaired) electrons. The fraction of sp³-hybridized carbons (Fsp3) is 0.467. The Labute approximate surface area is 115 Å². The van der Waals surface area contributed by atoms with Crippen molar-refractivity contribution in [3.63, 3.8) is 0 Å². The molecule has 1 atom stereocenters.